The molecule has 0 amide bonds. The Labute approximate surface area is 161 Å². The SMILES string of the molecule is O=C(c1ccccc1)[C@@H]1[C@H](O)CCC[C@H]1C1=C(c2ccccn2)CCCC1. The second-order valence-corrected chi connectivity index (χ2v) is 7.79. The lowest BCUT2D eigenvalue weighted by Gasteiger charge is -2.38. The Hall–Kier alpha value is -2.26. The number of benzene rings is 1. The molecule has 2 aromatic rings. The summed E-state index contributed by atoms with van der Waals surface area (Å²) in [5.74, 6) is -0.127. The molecule has 3 atom stereocenters. The standard InChI is InChI=1S/C24H27NO2/c26-22-15-8-13-20(23(22)24(27)17-9-2-1-3-10-17)18-11-4-5-12-19(18)21-14-6-7-16-25-21/h1-3,6-7,9-10,14,16,20,22-23,26H,4-5,8,11-13,15H2/t20-,22+,23-/m0/s1. The van der Waals surface area contributed by atoms with Crippen LogP contribution in [0.25, 0.3) is 5.57 Å². The second kappa shape index (κ2) is 8.18. The number of allylic oxidation sites excluding steroid dienone is 2. The number of aliphatic hydroxyl groups is 1. The van der Waals surface area contributed by atoms with E-state index in [0.717, 1.165) is 37.8 Å². The molecule has 0 bridgehead atoms. The number of Topliss-reactive ketones (excluding diaryl/α,β-unsaturated/α-hetero) is 1. The molecule has 0 spiro atoms. The molecular weight excluding hydrogens is 334 g/mol. The van der Waals surface area contributed by atoms with Crippen molar-refractivity contribution in [1.29, 1.82) is 0 Å². The fraction of sp³-hybridized carbons (Fsp3) is 0.417. The van der Waals surface area contributed by atoms with Crippen LogP contribution in [0.1, 0.15) is 61.0 Å². The molecule has 0 aliphatic heterocycles. The maximum absolute atomic E-state index is 13.3. The Bertz CT molecular complexity index is 813. The van der Waals surface area contributed by atoms with Crippen LogP contribution < -0.4 is 0 Å². The van der Waals surface area contributed by atoms with E-state index in [-0.39, 0.29) is 17.6 Å². The monoisotopic (exact) mass is 361 g/mol. The second-order valence-electron chi connectivity index (χ2n) is 7.79. The van der Waals surface area contributed by atoms with Gasteiger partial charge in [-0.05, 0) is 62.1 Å². The average Bonchev–Trinajstić information content (AvgIpc) is 2.74. The van der Waals surface area contributed by atoms with E-state index in [0.29, 0.717) is 12.0 Å². The van der Waals surface area contributed by atoms with Gasteiger partial charge in [-0.1, -0.05) is 48.4 Å². The molecule has 1 heterocycles. The van der Waals surface area contributed by atoms with Crippen molar-refractivity contribution in [2.75, 3.05) is 0 Å². The number of aromatic nitrogens is 1. The van der Waals surface area contributed by atoms with Crippen molar-refractivity contribution in [1.82, 2.24) is 4.98 Å². The predicted molar refractivity (Wildman–Crippen MR) is 107 cm³/mol. The summed E-state index contributed by atoms with van der Waals surface area (Å²) in [6.45, 7) is 0. The van der Waals surface area contributed by atoms with Crippen LogP contribution in [0.15, 0.2) is 60.3 Å². The number of ketones is 1. The number of rotatable bonds is 4. The molecule has 2 aliphatic rings. The van der Waals surface area contributed by atoms with E-state index in [1.807, 2.05) is 48.7 Å². The molecule has 0 saturated heterocycles. The number of nitrogens with zero attached hydrogens (tertiary/aromatic N) is 1. The van der Waals surface area contributed by atoms with Crippen LogP contribution in [-0.2, 0) is 0 Å². The van der Waals surface area contributed by atoms with Crippen molar-refractivity contribution in [3.8, 4) is 0 Å². The number of pyridine rings is 1. The zero-order valence-electron chi connectivity index (χ0n) is 15.7. The Morgan fingerprint density at radius 3 is 2.48 bits per heavy atom. The van der Waals surface area contributed by atoms with E-state index >= 15 is 0 Å². The number of hydrogen-bond donors (Lipinski definition) is 1. The van der Waals surface area contributed by atoms with Crippen LogP contribution in [0.4, 0.5) is 0 Å². The van der Waals surface area contributed by atoms with Crippen LogP contribution in [-0.4, -0.2) is 22.0 Å². The Morgan fingerprint density at radius 2 is 1.70 bits per heavy atom. The topological polar surface area (TPSA) is 50.2 Å². The molecule has 27 heavy (non-hydrogen) atoms. The largest absolute Gasteiger partial charge is 0.392 e. The van der Waals surface area contributed by atoms with Crippen molar-refractivity contribution in [2.24, 2.45) is 11.8 Å². The summed E-state index contributed by atoms with van der Waals surface area (Å²) in [6, 6.07) is 15.5. The number of aliphatic hydroxyl groups excluding tert-OH is 1. The highest BCUT2D eigenvalue weighted by molar-refractivity contribution is 5.98. The van der Waals surface area contributed by atoms with Crippen LogP contribution in [0.5, 0.6) is 0 Å². The quantitative estimate of drug-likeness (QED) is 0.774. The minimum absolute atomic E-state index is 0.0891. The van der Waals surface area contributed by atoms with Crippen molar-refractivity contribution in [3.05, 3.63) is 71.6 Å². The molecule has 3 heteroatoms. The van der Waals surface area contributed by atoms with Crippen LogP contribution in [0, 0.1) is 11.8 Å². The van der Waals surface area contributed by atoms with Crippen molar-refractivity contribution < 1.29 is 9.90 Å². The van der Waals surface area contributed by atoms with Gasteiger partial charge >= 0.3 is 0 Å². The van der Waals surface area contributed by atoms with Gasteiger partial charge in [-0.3, -0.25) is 9.78 Å². The molecule has 1 saturated carbocycles. The smallest absolute Gasteiger partial charge is 0.169 e. The Balaban J connectivity index is 1.74. The number of carbonyl (C=O) groups is 1. The van der Waals surface area contributed by atoms with Gasteiger partial charge in [0.25, 0.3) is 0 Å². The van der Waals surface area contributed by atoms with Gasteiger partial charge in [-0.15, -0.1) is 0 Å². The van der Waals surface area contributed by atoms with Crippen LogP contribution in [0.2, 0.25) is 0 Å². The fourth-order valence-corrected chi connectivity index (χ4v) is 4.89. The molecule has 140 valence electrons. The third-order valence-corrected chi connectivity index (χ3v) is 6.16. The van der Waals surface area contributed by atoms with Gasteiger partial charge in [0.1, 0.15) is 0 Å². The van der Waals surface area contributed by atoms with Crippen LogP contribution in [0.3, 0.4) is 0 Å². The third kappa shape index (κ3) is 3.74. The molecule has 1 N–H and O–H groups in total. The zero-order chi connectivity index (χ0) is 18.6. The van der Waals surface area contributed by atoms with Gasteiger partial charge in [0.15, 0.2) is 5.78 Å². The molecule has 4 rings (SSSR count). The summed E-state index contributed by atoms with van der Waals surface area (Å²) in [4.78, 5) is 17.9. The number of carbonyl (C=O) groups excluding carboxylic acids is 1. The van der Waals surface area contributed by atoms with Crippen molar-refractivity contribution in [3.63, 3.8) is 0 Å². The summed E-state index contributed by atoms with van der Waals surface area (Å²) < 4.78 is 0. The summed E-state index contributed by atoms with van der Waals surface area (Å²) in [6.07, 6.45) is 8.31. The van der Waals surface area contributed by atoms with Gasteiger partial charge in [-0.2, -0.15) is 0 Å². The van der Waals surface area contributed by atoms with E-state index in [1.165, 1.54) is 17.6 Å². The van der Waals surface area contributed by atoms with E-state index in [9.17, 15) is 9.90 Å². The van der Waals surface area contributed by atoms with Gasteiger partial charge in [-0.25, -0.2) is 0 Å². The third-order valence-electron chi connectivity index (χ3n) is 6.16. The molecule has 1 aromatic heterocycles. The molecular formula is C24H27NO2. The van der Waals surface area contributed by atoms with Crippen molar-refractivity contribution >= 4 is 11.4 Å². The van der Waals surface area contributed by atoms with Gasteiger partial charge in [0.05, 0.1) is 17.7 Å². The first-order valence-electron chi connectivity index (χ1n) is 10.2. The van der Waals surface area contributed by atoms with Crippen molar-refractivity contribution in [2.45, 2.75) is 51.0 Å². The summed E-state index contributed by atoms with van der Waals surface area (Å²) >= 11 is 0. The predicted octanol–water partition coefficient (Wildman–Crippen LogP) is 5.07. The highest BCUT2D eigenvalue weighted by Crippen LogP contribution is 2.44. The highest BCUT2D eigenvalue weighted by atomic mass is 16.3. The van der Waals surface area contributed by atoms with E-state index < -0.39 is 6.10 Å². The van der Waals surface area contributed by atoms with Crippen LogP contribution >= 0.6 is 0 Å². The number of hydrogen-bond acceptors (Lipinski definition) is 3. The maximum atomic E-state index is 13.3. The maximum Gasteiger partial charge on any atom is 0.169 e. The van der Waals surface area contributed by atoms with Gasteiger partial charge in [0, 0.05) is 11.8 Å². The van der Waals surface area contributed by atoms with E-state index in [4.69, 9.17) is 0 Å². The van der Waals surface area contributed by atoms with Gasteiger partial charge in [0.2, 0.25) is 0 Å². The summed E-state index contributed by atoms with van der Waals surface area (Å²) in [5, 5.41) is 10.8. The first-order chi connectivity index (χ1) is 13.3. The van der Waals surface area contributed by atoms with Gasteiger partial charge < -0.3 is 5.11 Å². The zero-order valence-corrected chi connectivity index (χ0v) is 15.7. The first-order valence-corrected chi connectivity index (χ1v) is 10.2. The lowest BCUT2D eigenvalue weighted by molar-refractivity contribution is 0.0365. The lowest BCUT2D eigenvalue weighted by atomic mass is 9.67. The molecule has 0 radical (unpaired) electrons. The Kier molecular flexibility index (Phi) is 5.49. The molecule has 2 aliphatic carbocycles. The first kappa shape index (κ1) is 18.1. The molecule has 0 unspecified atom stereocenters. The summed E-state index contributed by atoms with van der Waals surface area (Å²) in [5.41, 5.74) is 4.43. The highest BCUT2D eigenvalue weighted by Gasteiger charge is 2.40. The van der Waals surface area contributed by atoms with E-state index in [1.54, 1.807) is 0 Å². The average molecular weight is 361 g/mol. The summed E-state index contributed by atoms with van der Waals surface area (Å²) in [7, 11) is 0. The normalized spacial score (nSPS) is 26.0. The fourth-order valence-electron chi connectivity index (χ4n) is 4.89. The molecule has 1 aromatic carbocycles. The minimum atomic E-state index is -0.559. The lowest BCUT2D eigenvalue weighted by Crippen LogP contribution is -2.39. The van der Waals surface area contributed by atoms with E-state index in [2.05, 4.69) is 11.1 Å². The molecule has 1 fully saturated rings. The minimum Gasteiger partial charge on any atom is -0.392 e. The Morgan fingerprint density at radius 1 is 0.926 bits per heavy atom. The molecule has 3 nitrogen and oxygen atoms in total.